The van der Waals surface area contributed by atoms with Crippen LogP contribution in [0.1, 0.15) is 32.6 Å². The number of hydrogen-bond acceptors (Lipinski definition) is 5. The first-order chi connectivity index (χ1) is 16.7. The lowest BCUT2D eigenvalue weighted by Crippen LogP contribution is -2.30. The lowest BCUT2D eigenvalue weighted by Gasteiger charge is -2.25. The van der Waals surface area contributed by atoms with Crippen molar-refractivity contribution in [2.75, 3.05) is 16.3 Å². The Hall–Kier alpha value is -2.90. The van der Waals surface area contributed by atoms with Crippen molar-refractivity contribution in [1.29, 1.82) is 0 Å². The summed E-state index contributed by atoms with van der Waals surface area (Å²) < 4.78 is 5.50. The van der Waals surface area contributed by atoms with Crippen molar-refractivity contribution in [2.24, 2.45) is 23.7 Å². The number of hydrogen-bond donors (Lipinski definition) is 0. The van der Waals surface area contributed by atoms with Gasteiger partial charge in [0.2, 0.25) is 17.7 Å². The maximum atomic E-state index is 12.9. The minimum Gasteiger partial charge on any atom is -0.426 e. The number of benzene rings is 2. The van der Waals surface area contributed by atoms with Gasteiger partial charge in [-0.25, -0.2) is 0 Å². The highest BCUT2D eigenvalue weighted by atomic mass is 35.5. The smallest absolute Gasteiger partial charge is 0.316 e. The van der Waals surface area contributed by atoms with E-state index in [0.29, 0.717) is 22.3 Å². The molecule has 2 saturated heterocycles. The molecule has 0 radical (unpaired) electrons. The monoisotopic (exact) mass is 514 g/mol. The van der Waals surface area contributed by atoms with Crippen molar-refractivity contribution in [3.05, 3.63) is 52.5 Å². The van der Waals surface area contributed by atoms with E-state index in [1.165, 1.54) is 9.80 Å². The predicted octanol–water partition coefficient (Wildman–Crippen LogP) is 4.88. The van der Waals surface area contributed by atoms with Crippen molar-refractivity contribution in [1.82, 2.24) is 0 Å². The second kappa shape index (κ2) is 9.28. The molecule has 1 saturated carbocycles. The maximum absolute atomic E-state index is 12.9. The number of fused-ring (bicyclic) bond motifs is 1. The Balaban J connectivity index is 1.25. The molecule has 2 heterocycles. The quantitative estimate of drug-likeness (QED) is 0.330. The summed E-state index contributed by atoms with van der Waals surface area (Å²) in [6, 6.07) is 11.3. The van der Waals surface area contributed by atoms with E-state index in [1.54, 1.807) is 42.5 Å². The third-order valence-electron chi connectivity index (χ3n) is 7.18. The Bertz CT molecular complexity index is 1210. The molecule has 35 heavy (non-hydrogen) atoms. The molecule has 0 N–H and O–H groups in total. The van der Waals surface area contributed by atoms with Crippen molar-refractivity contribution in [2.45, 2.75) is 32.6 Å². The fourth-order valence-corrected chi connectivity index (χ4v) is 5.70. The first-order valence-electron chi connectivity index (χ1n) is 11.7. The van der Waals surface area contributed by atoms with Crippen LogP contribution in [-0.2, 0) is 19.2 Å². The molecule has 2 aromatic carbocycles. The fraction of sp³-hybridized carbons (Fsp3) is 0.385. The first-order valence-corrected chi connectivity index (χ1v) is 12.4. The fourth-order valence-electron chi connectivity index (χ4n) is 5.31. The van der Waals surface area contributed by atoms with Gasteiger partial charge in [0.05, 0.1) is 39.2 Å². The van der Waals surface area contributed by atoms with Crippen molar-refractivity contribution in [3.63, 3.8) is 0 Å². The molecular weight excluding hydrogens is 491 g/mol. The van der Waals surface area contributed by atoms with Gasteiger partial charge in [0.15, 0.2) is 0 Å². The van der Waals surface area contributed by atoms with Crippen LogP contribution >= 0.6 is 23.2 Å². The molecule has 3 aliphatic rings. The maximum Gasteiger partial charge on any atom is 0.316 e. The summed E-state index contributed by atoms with van der Waals surface area (Å²) in [5.41, 5.74) is 0.929. The van der Waals surface area contributed by atoms with Gasteiger partial charge in [-0.1, -0.05) is 36.2 Å². The standard InChI is InChI=1S/C26H24Cl2N2O5/c1-14-5-10-18-19(11-14)25(33)30(24(18)32)16-6-8-17(9-7-16)35-26(34)15-12-22(31)29(13-15)21-4-2-3-20(27)23(21)28/h2-4,6-9,14-15,18-19H,5,10-13H2,1H3/t14-,15+,18+,19-/m1/s1. The molecule has 0 spiro atoms. The molecule has 3 amide bonds. The summed E-state index contributed by atoms with van der Waals surface area (Å²) in [5.74, 6) is -1.54. The lowest BCUT2D eigenvalue weighted by atomic mass is 9.76. The van der Waals surface area contributed by atoms with Crippen LogP contribution in [-0.4, -0.2) is 30.2 Å². The summed E-state index contributed by atoms with van der Waals surface area (Å²) in [4.78, 5) is 53.8. The van der Waals surface area contributed by atoms with Crippen molar-refractivity contribution < 1.29 is 23.9 Å². The van der Waals surface area contributed by atoms with Crippen molar-refractivity contribution >= 4 is 58.3 Å². The Morgan fingerprint density at radius 1 is 0.971 bits per heavy atom. The van der Waals surface area contributed by atoms with Gasteiger partial charge in [0, 0.05) is 13.0 Å². The van der Waals surface area contributed by atoms with Gasteiger partial charge in [0.25, 0.3) is 0 Å². The zero-order valence-corrected chi connectivity index (χ0v) is 20.6. The minimum atomic E-state index is -0.663. The zero-order valence-electron chi connectivity index (χ0n) is 19.1. The highest BCUT2D eigenvalue weighted by molar-refractivity contribution is 6.44. The molecule has 4 atom stereocenters. The Kier molecular flexibility index (Phi) is 6.32. The largest absolute Gasteiger partial charge is 0.426 e. The van der Waals surface area contributed by atoms with Crippen LogP contribution in [0.5, 0.6) is 5.75 Å². The molecule has 3 fully saturated rings. The van der Waals surface area contributed by atoms with Gasteiger partial charge >= 0.3 is 5.97 Å². The number of nitrogens with zero attached hydrogens (tertiary/aromatic N) is 2. The molecule has 5 rings (SSSR count). The van der Waals surface area contributed by atoms with E-state index in [1.807, 2.05) is 0 Å². The molecule has 182 valence electrons. The molecule has 0 aromatic heterocycles. The van der Waals surface area contributed by atoms with E-state index in [0.717, 1.165) is 19.3 Å². The van der Waals surface area contributed by atoms with Crippen LogP contribution in [0.15, 0.2) is 42.5 Å². The molecule has 1 aliphatic carbocycles. The molecule has 0 bridgehead atoms. The van der Waals surface area contributed by atoms with Gasteiger partial charge in [-0.15, -0.1) is 0 Å². The lowest BCUT2D eigenvalue weighted by molar-refractivity contribution is -0.139. The first kappa shape index (κ1) is 23.8. The number of halogens is 2. The highest BCUT2D eigenvalue weighted by Gasteiger charge is 2.50. The summed E-state index contributed by atoms with van der Waals surface area (Å²) in [6.07, 6.45) is 2.42. The summed E-state index contributed by atoms with van der Waals surface area (Å²) in [7, 11) is 0. The van der Waals surface area contributed by atoms with Crippen LogP contribution in [0.25, 0.3) is 0 Å². The van der Waals surface area contributed by atoms with E-state index in [4.69, 9.17) is 27.9 Å². The van der Waals surface area contributed by atoms with Gasteiger partial charge < -0.3 is 9.64 Å². The minimum absolute atomic E-state index is 0.00224. The summed E-state index contributed by atoms with van der Waals surface area (Å²) >= 11 is 12.3. The van der Waals surface area contributed by atoms with Crippen LogP contribution in [0, 0.1) is 23.7 Å². The van der Waals surface area contributed by atoms with Gasteiger partial charge in [-0.05, 0) is 61.6 Å². The second-order valence-corrected chi connectivity index (χ2v) is 10.3. The van der Waals surface area contributed by atoms with Gasteiger partial charge in [0.1, 0.15) is 5.75 Å². The second-order valence-electron chi connectivity index (χ2n) is 9.54. The molecule has 0 unspecified atom stereocenters. The van der Waals surface area contributed by atoms with E-state index < -0.39 is 11.9 Å². The highest BCUT2D eigenvalue weighted by Crippen LogP contribution is 2.42. The number of carbonyl (C=O) groups excluding carboxylic acids is 4. The Labute approximate surface area is 212 Å². The topological polar surface area (TPSA) is 84.0 Å². The van der Waals surface area contributed by atoms with E-state index in [-0.39, 0.29) is 53.3 Å². The number of carbonyl (C=O) groups is 4. The van der Waals surface area contributed by atoms with Crippen LogP contribution < -0.4 is 14.5 Å². The zero-order chi connectivity index (χ0) is 24.9. The summed E-state index contributed by atoms with van der Waals surface area (Å²) in [6.45, 7) is 2.24. The summed E-state index contributed by atoms with van der Waals surface area (Å²) in [5, 5.41) is 0.583. The number of anilines is 2. The Morgan fingerprint density at radius 2 is 1.69 bits per heavy atom. The van der Waals surface area contributed by atoms with Crippen LogP contribution in [0.4, 0.5) is 11.4 Å². The predicted molar refractivity (Wildman–Crippen MR) is 131 cm³/mol. The Morgan fingerprint density at radius 3 is 2.43 bits per heavy atom. The number of ether oxygens (including phenoxy) is 1. The molecule has 2 aromatic rings. The van der Waals surface area contributed by atoms with Gasteiger partial charge in [-0.3, -0.25) is 24.1 Å². The average molecular weight is 515 g/mol. The number of imide groups is 1. The van der Waals surface area contributed by atoms with Gasteiger partial charge in [-0.2, -0.15) is 0 Å². The number of amides is 3. The SMILES string of the molecule is C[C@@H]1CC[C@@H]2C(=O)N(c3ccc(OC(=O)[C@H]4CC(=O)N(c5cccc(Cl)c5Cl)C4)cc3)C(=O)[C@@H]2C1. The van der Waals surface area contributed by atoms with E-state index in [9.17, 15) is 19.2 Å². The molecular formula is C26H24Cl2N2O5. The normalized spacial score (nSPS) is 26.3. The molecule has 2 aliphatic heterocycles. The third kappa shape index (κ3) is 4.32. The van der Waals surface area contributed by atoms with E-state index in [2.05, 4.69) is 6.92 Å². The molecule has 7 nitrogen and oxygen atoms in total. The third-order valence-corrected chi connectivity index (χ3v) is 7.99. The molecule has 9 heteroatoms. The van der Waals surface area contributed by atoms with Crippen LogP contribution in [0.2, 0.25) is 10.0 Å². The van der Waals surface area contributed by atoms with Crippen molar-refractivity contribution in [3.8, 4) is 5.75 Å². The van der Waals surface area contributed by atoms with Crippen LogP contribution in [0.3, 0.4) is 0 Å². The average Bonchev–Trinajstić information content (AvgIpc) is 3.33. The van der Waals surface area contributed by atoms with E-state index >= 15 is 0 Å². The number of esters is 1. The number of rotatable bonds is 4.